The quantitative estimate of drug-likeness (QED) is 0.739. The molecule has 0 radical (unpaired) electrons. The van der Waals surface area contributed by atoms with Gasteiger partial charge < -0.3 is 9.21 Å². The van der Waals surface area contributed by atoms with Gasteiger partial charge in [-0.1, -0.05) is 33.9 Å². The summed E-state index contributed by atoms with van der Waals surface area (Å²) in [4.78, 5) is 12.1. The maximum absolute atomic E-state index is 12.1. The van der Waals surface area contributed by atoms with Crippen molar-refractivity contribution in [1.82, 2.24) is 0 Å². The Morgan fingerprint density at radius 2 is 1.69 bits per heavy atom. The zero-order valence-corrected chi connectivity index (χ0v) is 12.5. The van der Waals surface area contributed by atoms with Gasteiger partial charge in [0.05, 0.1) is 5.56 Å². The van der Waals surface area contributed by atoms with E-state index < -0.39 is 8.80 Å². The summed E-state index contributed by atoms with van der Waals surface area (Å²) in [6, 6.07) is 0. The zero-order chi connectivity index (χ0) is 12.7. The van der Waals surface area contributed by atoms with Gasteiger partial charge in [-0.25, -0.2) is 0 Å². The molecule has 1 aromatic rings. The Labute approximate surface area is 99.6 Å². The van der Waals surface area contributed by atoms with Crippen LogP contribution in [0.4, 0.5) is 0 Å². The van der Waals surface area contributed by atoms with Crippen molar-refractivity contribution in [2.45, 2.75) is 53.1 Å². The van der Waals surface area contributed by atoms with Crippen molar-refractivity contribution in [2.24, 2.45) is 0 Å². The Kier molecular flexibility index (Phi) is 3.48. The molecular formula is C13H22O2Si. The molecule has 0 unspecified atom stereocenters. The minimum Gasteiger partial charge on any atom is -0.465 e. The lowest BCUT2D eigenvalue weighted by Gasteiger charge is -2.16. The minimum absolute atomic E-state index is 0.0358. The van der Waals surface area contributed by atoms with Gasteiger partial charge in [0.15, 0.2) is 0 Å². The standard InChI is InChI=1S/C13H22O2Si/c1-8-10(12(14)16(6)7)9(2)15-11(8)13(3,4)5/h16H,1-7H3. The van der Waals surface area contributed by atoms with Gasteiger partial charge in [0.25, 0.3) is 0 Å². The molecule has 0 amide bonds. The van der Waals surface area contributed by atoms with Crippen molar-refractivity contribution in [1.29, 1.82) is 0 Å². The fourth-order valence-corrected chi connectivity index (χ4v) is 3.02. The molecule has 0 aliphatic heterocycles. The summed E-state index contributed by atoms with van der Waals surface area (Å²) in [6.45, 7) is 14.3. The summed E-state index contributed by atoms with van der Waals surface area (Å²) in [7, 11) is -1.29. The topological polar surface area (TPSA) is 30.2 Å². The first-order valence-corrected chi connectivity index (χ1v) is 8.69. The molecule has 2 nitrogen and oxygen atoms in total. The number of rotatable bonds is 2. The predicted octanol–water partition coefficient (Wildman–Crippen LogP) is 3.40. The summed E-state index contributed by atoms with van der Waals surface area (Å²) in [5.41, 5.74) is 1.84. The normalized spacial score (nSPS) is 12.2. The van der Waals surface area contributed by atoms with Gasteiger partial charge in [-0.2, -0.15) is 0 Å². The smallest absolute Gasteiger partial charge is 0.140 e. The van der Waals surface area contributed by atoms with Crippen molar-refractivity contribution in [3.63, 3.8) is 0 Å². The molecule has 0 aliphatic rings. The average molecular weight is 238 g/mol. The van der Waals surface area contributed by atoms with E-state index in [1.807, 2.05) is 13.8 Å². The summed E-state index contributed by atoms with van der Waals surface area (Å²) < 4.78 is 5.78. The number of carbonyl (C=O) groups excluding carboxylic acids is 1. The van der Waals surface area contributed by atoms with Crippen LogP contribution in [0.1, 0.15) is 48.2 Å². The summed E-state index contributed by atoms with van der Waals surface area (Å²) in [6.07, 6.45) is 0. The van der Waals surface area contributed by atoms with E-state index in [0.717, 1.165) is 22.6 Å². The minimum atomic E-state index is -1.29. The second-order valence-corrected chi connectivity index (χ2v) is 8.59. The molecule has 0 saturated carbocycles. The van der Waals surface area contributed by atoms with E-state index in [4.69, 9.17) is 4.42 Å². The van der Waals surface area contributed by atoms with Gasteiger partial charge in [0.2, 0.25) is 0 Å². The third kappa shape index (κ3) is 2.29. The predicted molar refractivity (Wildman–Crippen MR) is 70.1 cm³/mol. The Morgan fingerprint density at radius 1 is 1.19 bits per heavy atom. The fraction of sp³-hybridized carbons (Fsp3) is 0.615. The molecule has 0 atom stereocenters. The molecule has 3 heteroatoms. The van der Waals surface area contributed by atoms with Crippen LogP contribution in [0.15, 0.2) is 4.42 Å². The molecule has 0 N–H and O–H groups in total. The average Bonchev–Trinajstić information content (AvgIpc) is 2.40. The first-order chi connectivity index (χ1) is 7.16. The molecule has 1 aromatic heterocycles. The van der Waals surface area contributed by atoms with Crippen LogP contribution in [0.2, 0.25) is 13.1 Å². The highest BCUT2D eigenvalue weighted by atomic mass is 28.3. The molecule has 0 bridgehead atoms. The lowest BCUT2D eigenvalue weighted by atomic mass is 9.90. The van der Waals surface area contributed by atoms with E-state index in [-0.39, 0.29) is 5.41 Å². The van der Waals surface area contributed by atoms with Gasteiger partial charge >= 0.3 is 0 Å². The number of furan rings is 1. The van der Waals surface area contributed by atoms with Crippen molar-refractivity contribution in [3.05, 3.63) is 22.6 Å². The van der Waals surface area contributed by atoms with Crippen molar-refractivity contribution < 1.29 is 9.21 Å². The molecule has 1 heterocycles. The van der Waals surface area contributed by atoms with E-state index >= 15 is 0 Å². The number of aryl methyl sites for hydroxylation is 1. The fourth-order valence-electron chi connectivity index (χ4n) is 2.02. The van der Waals surface area contributed by atoms with Gasteiger partial charge in [-0.15, -0.1) is 0 Å². The van der Waals surface area contributed by atoms with Crippen molar-refractivity contribution in [2.75, 3.05) is 0 Å². The van der Waals surface area contributed by atoms with Crippen LogP contribution in [-0.4, -0.2) is 14.2 Å². The summed E-state index contributed by atoms with van der Waals surface area (Å²) in [5.74, 6) is 1.73. The lowest BCUT2D eigenvalue weighted by Crippen LogP contribution is -2.19. The number of hydrogen-bond acceptors (Lipinski definition) is 2. The molecule has 0 aromatic carbocycles. The molecule has 0 spiro atoms. The molecule has 0 saturated heterocycles. The Morgan fingerprint density at radius 3 is 2.00 bits per heavy atom. The van der Waals surface area contributed by atoms with Crippen LogP contribution in [-0.2, 0) is 5.41 Å². The van der Waals surface area contributed by atoms with Crippen LogP contribution < -0.4 is 0 Å². The summed E-state index contributed by atoms with van der Waals surface area (Å²) in [5, 5.41) is 0.314. The monoisotopic (exact) mass is 238 g/mol. The first kappa shape index (κ1) is 13.2. The second kappa shape index (κ2) is 4.21. The van der Waals surface area contributed by atoms with Crippen LogP contribution >= 0.6 is 0 Å². The Hall–Kier alpha value is -0.833. The van der Waals surface area contributed by atoms with Crippen LogP contribution in [0.5, 0.6) is 0 Å². The van der Waals surface area contributed by atoms with Gasteiger partial charge in [-0.05, 0) is 13.8 Å². The van der Waals surface area contributed by atoms with Gasteiger partial charge in [-0.3, -0.25) is 0 Å². The van der Waals surface area contributed by atoms with Gasteiger partial charge in [0, 0.05) is 11.0 Å². The van der Waals surface area contributed by atoms with Gasteiger partial charge in [0.1, 0.15) is 25.7 Å². The first-order valence-electron chi connectivity index (χ1n) is 5.81. The summed E-state index contributed by atoms with van der Waals surface area (Å²) >= 11 is 0. The molecule has 0 fully saturated rings. The lowest BCUT2D eigenvalue weighted by molar-refractivity contribution is 0.107. The second-order valence-electron chi connectivity index (χ2n) is 5.76. The van der Waals surface area contributed by atoms with Crippen molar-refractivity contribution in [3.8, 4) is 0 Å². The number of hydrogen-bond donors (Lipinski definition) is 0. The molecule has 90 valence electrons. The van der Waals surface area contributed by atoms with E-state index in [1.165, 1.54) is 0 Å². The third-order valence-corrected chi connectivity index (χ3v) is 4.11. The van der Waals surface area contributed by atoms with E-state index in [9.17, 15) is 4.79 Å². The van der Waals surface area contributed by atoms with E-state index in [0.29, 0.717) is 5.41 Å². The molecule has 16 heavy (non-hydrogen) atoms. The Bertz CT molecular complexity index is 408. The molecule has 0 aliphatic carbocycles. The maximum Gasteiger partial charge on any atom is 0.140 e. The highest BCUT2D eigenvalue weighted by Gasteiger charge is 2.28. The molecular weight excluding hydrogens is 216 g/mol. The van der Waals surface area contributed by atoms with Crippen LogP contribution in [0.25, 0.3) is 0 Å². The van der Waals surface area contributed by atoms with Crippen LogP contribution in [0.3, 0.4) is 0 Å². The Balaban J connectivity index is 3.34. The molecule has 1 rings (SSSR count). The zero-order valence-electron chi connectivity index (χ0n) is 11.4. The van der Waals surface area contributed by atoms with E-state index in [2.05, 4.69) is 33.9 Å². The third-order valence-electron chi connectivity index (χ3n) is 2.77. The highest BCUT2D eigenvalue weighted by Crippen LogP contribution is 2.32. The van der Waals surface area contributed by atoms with Crippen LogP contribution in [0, 0.1) is 13.8 Å². The largest absolute Gasteiger partial charge is 0.465 e. The number of carbonyl (C=O) groups is 1. The maximum atomic E-state index is 12.1. The van der Waals surface area contributed by atoms with E-state index in [1.54, 1.807) is 0 Å². The SMILES string of the molecule is Cc1oc(C(C)(C)C)c(C)c1C(=O)[SiH](C)C. The van der Waals surface area contributed by atoms with Crippen molar-refractivity contribution >= 4 is 14.2 Å². The highest BCUT2D eigenvalue weighted by molar-refractivity contribution is 6.91.